The summed E-state index contributed by atoms with van der Waals surface area (Å²) in [5.74, 6) is 2.87. The first-order chi connectivity index (χ1) is 4.74. The van der Waals surface area contributed by atoms with Crippen LogP contribution in [0.15, 0.2) is 24.0 Å². The van der Waals surface area contributed by atoms with Crippen LogP contribution in [-0.4, -0.2) is 0 Å². The minimum atomic E-state index is 0.185. The SMILES string of the molecule is C#CC1CC(C)=CNC1=C. The van der Waals surface area contributed by atoms with Crippen molar-refractivity contribution in [3.05, 3.63) is 24.0 Å². The second kappa shape index (κ2) is 2.62. The Labute approximate surface area is 61.8 Å². The highest BCUT2D eigenvalue weighted by molar-refractivity contribution is 5.22. The van der Waals surface area contributed by atoms with E-state index in [0.717, 1.165) is 12.1 Å². The maximum Gasteiger partial charge on any atom is 0.0631 e. The molecule has 1 atom stereocenters. The van der Waals surface area contributed by atoms with Gasteiger partial charge in [-0.05, 0) is 19.5 Å². The van der Waals surface area contributed by atoms with Gasteiger partial charge >= 0.3 is 0 Å². The lowest BCUT2D eigenvalue weighted by molar-refractivity contribution is 0.686. The zero-order valence-electron chi connectivity index (χ0n) is 6.15. The number of rotatable bonds is 0. The third kappa shape index (κ3) is 1.22. The minimum Gasteiger partial charge on any atom is -0.364 e. The lowest BCUT2D eigenvalue weighted by atomic mass is 9.96. The summed E-state index contributed by atoms with van der Waals surface area (Å²) < 4.78 is 0. The molecule has 0 fully saturated rings. The summed E-state index contributed by atoms with van der Waals surface area (Å²) in [5, 5.41) is 3.03. The first-order valence-corrected chi connectivity index (χ1v) is 3.31. The highest BCUT2D eigenvalue weighted by Gasteiger charge is 2.12. The van der Waals surface area contributed by atoms with Crippen molar-refractivity contribution in [2.24, 2.45) is 5.92 Å². The van der Waals surface area contributed by atoms with Crippen molar-refractivity contribution < 1.29 is 0 Å². The van der Waals surface area contributed by atoms with Crippen LogP contribution in [0.25, 0.3) is 0 Å². The van der Waals surface area contributed by atoms with Gasteiger partial charge in [0.15, 0.2) is 0 Å². The van der Waals surface area contributed by atoms with E-state index in [-0.39, 0.29) is 5.92 Å². The van der Waals surface area contributed by atoms with Crippen LogP contribution in [0.1, 0.15) is 13.3 Å². The monoisotopic (exact) mass is 133 g/mol. The Hall–Kier alpha value is -1.16. The minimum absolute atomic E-state index is 0.185. The van der Waals surface area contributed by atoms with E-state index in [2.05, 4.69) is 24.7 Å². The van der Waals surface area contributed by atoms with Crippen LogP contribution in [-0.2, 0) is 0 Å². The van der Waals surface area contributed by atoms with E-state index in [0.29, 0.717) is 0 Å². The molecule has 0 aliphatic carbocycles. The number of nitrogens with one attached hydrogen (secondary N) is 1. The quantitative estimate of drug-likeness (QED) is 0.495. The summed E-state index contributed by atoms with van der Waals surface area (Å²) in [4.78, 5) is 0. The molecule has 1 aliphatic rings. The Morgan fingerprint density at radius 3 is 3.10 bits per heavy atom. The summed E-state index contributed by atoms with van der Waals surface area (Å²) in [7, 11) is 0. The predicted molar refractivity (Wildman–Crippen MR) is 43.0 cm³/mol. The van der Waals surface area contributed by atoms with Gasteiger partial charge in [-0.1, -0.05) is 18.1 Å². The molecule has 0 aromatic carbocycles. The number of allylic oxidation sites excluding steroid dienone is 2. The van der Waals surface area contributed by atoms with Crippen molar-refractivity contribution >= 4 is 0 Å². The van der Waals surface area contributed by atoms with Gasteiger partial charge in [0.25, 0.3) is 0 Å². The van der Waals surface area contributed by atoms with Gasteiger partial charge < -0.3 is 5.32 Å². The summed E-state index contributed by atoms with van der Waals surface area (Å²) in [5.41, 5.74) is 2.23. The van der Waals surface area contributed by atoms with Crippen LogP contribution in [0, 0.1) is 18.3 Å². The standard InChI is InChI=1S/C9H11N/c1-4-9-5-7(2)6-10-8(9)3/h1,6,9-10H,3,5H2,2H3. The molecule has 0 aromatic heterocycles. The molecule has 0 saturated carbocycles. The van der Waals surface area contributed by atoms with E-state index in [9.17, 15) is 0 Å². The summed E-state index contributed by atoms with van der Waals surface area (Å²) in [6, 6.07) is 0. The zero-order valence-corrected chi connectivity index (χ0v) is 6.15. The molecule has 1 aliphatic heterocycles. The van der Waals surface area contributed by atoms with Crippen LogP contribution in [0.4, 0.5) is 0 Å². The topological polar surface area (TPSA) is 12.0 Å². The van der Waals surface area contributed by atoms with E-state index in [1.165, 1.54) is 5.57 Å². The van der Waals surface area contributed by atoms with Crippen molar-refractivity contribution in [3.8, 4) is 12.3 Å². The van der Waals surface area contributed by atoms with E-state index < -0.39 is 0 Å². The molecule has 1 N–H and O–H groups in total. The molecular formula is C9H11N. The van der Waals surface area contributed by atoms with Crippen molar-refractivity contribution in [1.29, 1.82) is 0 Å². The fourth-order valence-corrected chi connectivity index (χ4v) is 0.980. The molecule has 0 aromatic rings. The molecular weight excluding hydrogens is 122 g/mol. The van der Waals surface area contributed by atoms with E-state index >= 15 is 0 Å². The van der Waals surface area contributed by atoms with Crippen molar-refractivity contribution in [1.82, 2.24) is 5.32 Å². The Morgan fingerprint density at radius 2 is 2.60 bits per heavy atom. The third-order valence-corrected chi connectivity index (χ3v) is 1.65. The van der Waals surface area contributed by atoms with Crippen LogP contribution in [0.3, 0.4) is 0 Å². The first-order valence-electron chi connectivity index (χ1n) is 3.31. The molecule has 1 nitrogen and oxygen atoms in total. The predicted octanol–water partition coefficient (Wildman–Crippen LogP) is 1.65. The maximum atomic E-state index is 5.28. The average Bonchev–Trinajstić information content (AvgIpc) is 1.94. The maximum absolute atomic E-state index is 5.28. The Balaban J connectivity index is 2.73. The van der Waals surface area contributed by atoms with E-state index in [1.807, 2.05) is 6.20 Å². The number of hydrogen-bond acceptors (Lipinski definition) is 1. The van der Waals surface area contributed by atoms with E-state index in [4.69, 9.17) is 6.42 Å². The van der Waals surface area contributed by atoms with Gasteiger partial charge in [0.2, 0.25) is 0 Å². The smallest absolute Gasteiger partial charge is 0.0631 e. The molecule has 1 heterocycles. The van der Waals surface area contributed by atoms with Crippen molar-refractivity contribution in [3.63, 3.8) is 0 Å². The zero-order chi connectivity index (χ0) is 7.56. The lowest BCUT2D eigenvalue weighted by Crippen LogP contribution is -2.18. The van der Waals surface area contributed by atoms with Gasteiger partial charge in [0.1, 0.15) is 0 Å². The van der Waals surface area contributed by atoms with Gasteiger partial charge in [-0.15, -0.1) is 6.42 Å². The molecule has 0 saturated heterocycles. The molecule has 1 unspecified atom stereocenters. The largest absolute Gasteiger partial charge is 0.364 e. The van der Waals surface area contributed by atoms with Crippen LogP contribution in [0.2, 0.25) is 0 Å². The van der Waals surface area contributed by atoms with Crippen LogP contribution < -0.4 is 5.32 Å². The molecule has 0 spiro atoms. The van der Waals surface area contributed by atoms with Gasteiger partial charge in [0, 0.05) is 5.70 Å². The second-order valence-corrected chi connectivity index (χ2v) is 2.58. The van der Waals surface area contributed by atoms with Gasteiger partial charge in [-0.2, -0.15) is 0 Å². The van der Waals surface area contributed by atoms with Crippen molar-refractivity contribution in [2.45, 2.75) is 13.3 Å². The van der Waals surface area contributed by atoms with Gasteiger partial charge in [-0.25, -0.2) is 0 Å². The Kier molecular flexibility index (Phi) is 1.82. The van der Waals surface area contributed by atoms with Crippen LogP contribution in [0.5, 0.6) is 0 Å². The molecule has 1 rings (SSSR count). The van der Waals surface area contributed by atoms with Crippen LogP contribution >= 0.6 is 0 Å². The van der Waals surface area contributed by atoms with Crippen molar-refractivity contribution in [2.75, 3.05) is 0 Å². The summed E-state index contributed by atoms with van der Waals surface area (Å²) >= 11 is 0. The molecule has 10 heavy (non-hydrogen) atoms. The van der Waals surface area contributed by atoms with E-state index in [1.54, 1.807) is 0 Å². The third-order valence-electron chi connectivity index (χ3n) is 1.65. The highest BCUT2D eigenvalue weighted by Crippen LogP contribution is 2.19. The average molecular weight is 133 g/mol. The molecule has 0 bridgehead atoms. The second-order valence-electron chi connectivity index (χ2n) is 2.58. The number of hydrogen-bond donors (Lipinski definition) is 1. The fraction of sp³-hybridized carbons (Fsp3) is 0.333. The highest BCUT2D eigenvalue weighted by atomic mass is 14.9. The normalized spacial score (nSPS) is 24.6. The summed E-state index contributed by atoms with van der Waals surface area (Å²) in [6.45, 7) is 5.86. The number of terminal acetylenes is 1. The van der Waals surface area contributed by atoms with Gasteiger partial charge in [0.05, 0.1) is 5.92 Å². The Morgan fingerprint density at radius 1 is 1.90 bits per heavy atom. The Bertz CT molecular complexity index is 217. The first kappa shape index (κ1) is 6.95. The molecule has 52 valence electrons. The molecule has 0 radical (unpaired) electrons. The molecule has 1 heteroatoms. The lowest BCUT2D eigenvalue weighted by Gasteiger charge is -2.19. The van der Waals surface area contributed by atoms with Gasteiger partial charge in [-0.3, -0.25) is 0 Å². The fourth-order valence-electron chi connectivity index (χ4n) is 0.980. The molecule has 0 amide bonds. The summed E-state index contributed by atoms with van der Waals surface area (Å²) in [6.07, 6.45) is 8.18.